The maximum Gasteiger partial charge on any atom is 0.246 e. The van der Waals surface area contributed by atoms with Crippen LogP contribution in [-0.4, -0.2) is 34.7 Å². The Balaban J connectivity index is 1.52. The summed E-state index contributed by atoms with van der Waals surface area (Å²) in [5, 5.41) is 11.1. The number of benzene rings is 1. The minimum atomic E-state index is -0.241. The molecule has 2 aromatic heterocycles. The highest BCUT2D eigenvalue weighted by Crippen LogP contribution is 2.19. The zero-order chi connectivity index (χ0) is 16.9. The first-order valence-electron chi connectivity index (χ1n) is 7.65. The number of fused-ring (bicyclic) bond motifs is 1. The fourth-order valence-electron chi connectivity index (χ4n) is 2.47. The Morgan fingerprint density at radius 1 is 1.38 bits per heavy atom. The van der Waals surface area contributed by atoms with E-state index in [1.54, 1.807) is 20.0 Å². The van der Waals surface area contributed by atoms with E-state index >= 15 is 0 Å². The van der Waals surface area contributed by atoms with Crippen LogP contribution in [0.15, 0.2) is 33.9 Å². The van der Waals surface area contributed by atoms with Gasteiger partial charge in [-0.1, -0.05) is 5.16 Å². The molecule has 3 rings (SSSR count). The summed E-state index contributed by atoms with van der Waals surface area (Å²) in [7, 11) is 1.70. The summed E-state index contributed by atoms with van der Waals surface area (Å²) in [6.45, 7) is 2.87. The molecule has 0 aliphatic heterocycles. The number of nitrogens with one attached hydrogen (secondary N) is 3. The number of nitrogens with zero attached hydrogens (tertiary/aromatic N) is 3. The minimum Gasteiger partial charge on any atom is -0.361 e. The van der Waals surface area contributed by atoms with Gasteiger partial charge in [-0.05, 0) is 37.1 Å². The highest BCUT2D eigenvalue weighted by molar-refractivity contribution is 5.83. The summed E-state index contributed by atoms with van der Waals surface area (Å²) in [4.78, 5) is 11.4. The monoisotopic (exact) mass is 330 g/mol. The molecule has 0 saturated heterocycles. The van der Waals surface area contributed by atoms with Crippen LogP contribution >= 0.6 is 0 Å². The first-order valence-corrected chi connectivity index (χ1v) is 7.65. The number of halogens is 1. The van der Waals surface area contributed by atoms with Gasteiger partial charge in [-0.15, -0.1) is 0 Å². The number of aryl methyl sites for hydroxylation is 1. The van der Waals surface area contributed by atoms with Crippen molar-refractivity contribution in [1.82, 2.24) is 25.8 Å². The van der Waals surface area contributed by atoms with E-state index in [4.69, 9.17) is 4.52 Å². The molecule has 0 atom stereocenters. The maximum atomic E-state index is 13.2. The smallest absolute Gasteiger partial charge is 0.246 e. The molecular weight excluding hydrogens is 311 g/mol. The van der Waals surface area contributed by atoms with Gasteiger partial charge in [0.2, 0.25) is 5.89 Å². The zero-order valence-corrected chi connectivity index (χ0v) is 13.6. The Bertz CT molecular complexity index is 853. The molecule has 126 valence electrons. The Hall–Kier alpha value is -2.90. The van der Waals surface area contributed by atoms with Crippen molar-refractivity contribution in [3.63, 3.8) is 0 Å². The number of aromatic nitrogens is 3. The molecule has 0 fully saturated rings. The Labute approximate surface area is 138 Å². The lowest BCUT2D eigenvalue weighted by atomic mass is 10.1. The number of aliphatic imine (C=N–C) groups is 1. The van der Waals surface area contributed by atoms with Crippen LogP contribution in [0.3, 0.4) is 0 Å². The van der Waals surface area contributed by atoms with Crippen LogP contribution < -0.4 is 10.6 Å². The molecule has 0 aliphatic rings. The van der Waals surface area contributed by atoms with Crippen LogP contribution in [0.1, 0.15) is 17.3 Å². The van der Waals surface area contributed by atoms with Crippen molar-refractivity contribution >= 4 is 16.9 Å². The number of aromatic amines is 1. The predicted octanol–water partition coefficient (Wildman–Crippen LogP) is 1.91. The van der Waals surface area contributed by atoms with Gasteiger partial charge >= 0.3 is 0 Å². The minimum absolute atomic E-state index is 0.241. The molecule has 0 spiro atoms. The third kappa shape index (κ3) is 3.70. The second kappa shape index (κ2) is 7.12. The maximum absolute atomic E-state index is 13.2. The van der Waals surface area contributed by atoms with Crippen molar-refractivity contribution in [3.8, 4) is 0 Å². The van der Waals surface area contributed by atoms with Crippen molar-refractivity contribution in [2.45, 2.75) is 19.9 Å². The predicted molar refractivity (Wildman–Crippen MR) is 89.2 cm³/mol. The topological polar surface area (TPSA) is 91.1 Å². The Kier molecular flexibility index (Phi) is 4.74. The van der Waals surface area contributed by atoms with Gasteiger partial charge in [-0.25, -0.2) is 4.39 Å². The van der Waals surface area contributed by atoms with Crippen LogP contribution in [0, 0.1) is 12.7 Å². The summed E-state index contributed by atoms with van der Waals surface area (Å²) in [6.07, 6.45) is 2.69. The second-order valence-electron chi connectivity index (χ2n) is 5.34. The van der Waals surface area contributed by atoms with Gasteiger partial charge < -0.3 is 20.1 Å². The van der Waals surface area contributed by atoms with Crippen LogP contribution in [0.5, 0.6) is 0 Å². The van der Waals surface area contributed by atoms with Gasteiger partial charge in [0, 0.05) is 30.7 Å². The highest BCUT2D eigenvalue weighted by atomic mass is 19.1. The van der Waals surface area contributed by atoms with E-state index in [0.717, 1.165) is 22.9 Å². The molecule has 3 N–H and O–H groups in total. The van der Waals surface area contributed by atoms with Crippen LogP contribution in [0.2, 0.25) is 0 Å². The molecule has 0 amide bonds. The SMILES string of the molecule is CN=C(NCCc1c[nH]c2cc(F)ccc12)NCc1nc(C)no1. The molecule has 0 bridgehead atoms. The van der Waals surface area contributed by atoms with E-state index in [-0.39, 0.29) is 5.82 Å². The summed E-state index contributed by atoms with van der Waals surface area (Å²) < 4.78 is 18.2. The fourth-order valence-corrected chi connectivity index (χ4v) is 2.47. The average molecular weight is 330 g/mol. The van der Waals surface area contributed by atoms with Crippen molar-refractivity contribution in [1.29, 1.82) is 0 Å². The number of hydrogen-bond donors (Lipinski definition) is 3. The molecule has 24 heavy (non-hydrogen) atoms. The second-order valence-corrected chi connectivity index (χ2v) is 5.34. The lowest BCUT2D eigenvalue weighted by molar-refractivity contribution is 0.371. The lowest BCUT2D eigenvalue weighted by Crippen LogP contribution is -2.37. The van der Waals surface area contributed by atoms with Gasteiger partial charge in [0.1, 0.15) is 5.82 Å². The van der Waals surface area contributed by atoms with E-state index in [1.807, 2.05) is 6.20 Å². The van der Waals surface area contributed by atoms with Crippen LogP contribution in [0.25, 0.3) is 10.9 Å². The third-order valence-electron chi connectivity index (χ3n) is 3.62. The van der Waals surface area contributed by atoms with Crippen molar-refractivity contribution in [2.24, 2.45) is 4.99 Å². The zero-order valence-electron chi connectivity index (χ0n) is 13.6. The van der Waals surface area contributed by atoms with Crippen molar-refractivity contribution in [3.05, 3.63) is 47.5 Å². The molecular formula is C16H19FN6O. The molecule has 0 radical (unpaired) electrons. The van der Waals surface area contributed by atoms with E-state index in [2.05, 4.69) is 30.8 Å². The summed E-state index contributed by atoms with van der Waals surface area (Å²) >= 11 is 0. The number of H-pyrrole nitrogens is 1. The van der Waals surface area contributed by atoms with Crippen molar-refractivity contribution in [2.75, 3.05) is 13.6 Å². The summed E-state index contributed by atoms with van der Waals surface area (Å²) in [6, 6.07) is 4.76. The molecule has 2 heterocycles. The lowest BCUT2D eigenvalue weighted by Gasteiger charge is -2.10. The molecule has 3 aromatic rings. The normalized spacial score (nSPS) is 11.9. The summed E-state index contributed by atoms with van der Waals surface area (Å²) in [5.74, 6) is 1.52. The molecule has 7 nitrogen and oxygen atoms in total. The standard InChI is InChI=1S/C16H19FN6O/c1-10-22-15(24-23-10)9-21-16(18-2)19-6-5-11-8-20-14-7-12(17)3-4-13(11)14/h3-4,7-8,20H,5-6,9H2,1-2H3,(H2,18,19,21). The van der Waals surface area contributed by atoms with Gasteiger partial charge in [-0.3, -0.25) is 4.99 Å². The first-order chi connectivity index (χ1) is 11.7. The van der Waals surface area contributed by atoms with E-state index in [1.165, 1.54) is 12.1 Å². The largest absolute Gasteiger partial charge is 0.361 e. The molecule has 8 heteroatoms. The van der Waals surface area contributed by atoms with Gasteiger partial charge in [0.15, 0.2) is 11.8 Å². The first kappa shape index (κ1) is 16.0. The number of guanidine groups is 1. The number of rotatable bonds is 5. The van der Waals surface area contributed by atoms with E-state index in [0.29, 0.717) is 30.8 Å². The Morgan fingerprint density at radius 3 is 3.00 bits per heavy atom. The molecule has 0 aliphatic carbocycles. The van der Waals surface area contributed by atoms with Gasteiger partial charge in [-0.2, -0.15) is 4.98 Å². The van der Waals surface area contributed by atoms with Crippen LogP contribution in [-0.2, 0) is 13.0 Å². The summed E-state index contributed by atoms with van der Waals surface area (Å²) in [5.41, 5.74) is 1.93. The quantitative estimate of drug-likeness (QED) is 0.491. The van der Waals surface area contributed by atoms with E-state index < -0.39 is 0 Å². The van der Waals surface area contributed by atoms with E-state index in [9.17, 15) is 4.39 Å². The molecule has 1 aromatic carbocycles. The fraction of sp³-hybridized carbons (Fsp3) is 0.312. The van der Waals surface area contributed by atoms with Gasteiger partial charge in [0.05, 0.1) is 6.54 Å². The van der Waals surface area contributed by atoms with Crippen LogP contribution in [0.4, 0.5) is 4.39 Å². The molecule has 0 saturated carbocycles. The van der Waals surface area contributed by atoms with Crippen molar-refractivity contribution < 1.29 is 8.91 Å². The molecule has 0 unspecified atom stereocenters. The van der Waals surface area contributed by atoms with Gasteiger partial charge in [0.25, 0.3) is 0 Å². The number of hydrogen-bond acceptors (Lipinski definition) is 4. The highest BCUT2D eigenvalue weighted by Gasteiger charge is 2.06. The Morgan fingerprint density at radius 2 is 2.25 bits per heavy atom. The average Bonchev–Trinajstić information content (AvgIpc) is 3.16. The third-order valence-corrected chi connectivity index (χ3v) is 3.62.